The first-order valence-electron chi connectivity index (χ1n) is 5.51. The molecule has 3 rings (SSSR count). The van der Waals surface area contributed by atoms with Gasteiger partial charge in [-0.3, -0.25) is 0 Å². The largest absolute Gasteiger partial charge is 0.323 e. The maximum atomic E-state index is 4.50. The van der Waals surface area contributed by atoms with Crippen molar-refractivity contribution in [3.8, 4) is 0 Å². The van der Waals surface area contributed by atoms with Gasteiger partial charge in [0.15, 0.2) is 0 Å². The normalized spacial score (nSPS) is 20.1. The lowest BCUT2D eigenvalue weighted by molar-refractivity contribution is 0.349. The average molecular weight is 210 g/mol. The first-order valence-corrected chi connectivity index (χ1v) is 5.51. The Labute approximate surface area is 95.6 Å². The van der Waals surface area contributed by atoms with Crippen LogP contribution in [-0.4, -0.2) is 16.3 Å². The zero-order valence-corrected chi connectivity index (χ0v) is 9.51. The smallest absolute Gasteiger partial charge is 0.141 e. The summed E-state index contributed by atoms with van der Waals surface area (Å²) in [7, 11) is 0. The molecule has 0 N–H and O–H groups in total. The Morgan fingerprint density at radius 2 is 2.00 bits per heavy atom. The summed E-state index contributed by atoms with van der Waals surface area (Å²) in [6.45, 7) is 4.38. The predicted molar refractivity (Wildman–Crippen MR) is 67.1 cm³/mol. The van der Waals surface area contributed by atoms with E-state index in [0.717, 1.165) is 5.84 Å². The number of fused-ring (bicyclic) bond motifs is 3. The van der Waals surface area contributed by atoms with Crippen LogP contribution in [0, 0.1) is 0 Å². The summed E-state index contributed by atoms with van der Waals surface area (Å²) >= 11 is 0. The fourth-order valence-corrected chi connectivity index (χ4v) is 2.17. The molecule has 0 unspecified atom stereocenters. The Balaban J connectivity index is 2.20. The maximum absolute atomic E-state index is 4.50. The van der Waals surface area contributed by atoms with Crippen LogP contribution in [0.25, 0.3) is 6.08 Å². The Kier molecular flexibility index (Phi) is 1.81. The van der Waals surface area contributed by atoms with E-state index in [4.69, 9.17) is 0 Å². The minimum absolute atomic E-state index is 0.00111. The van der Waals surface area contributed by atoms with Crippen LogP contribution in [0.3, 0.4) is 0 Å². The summed E-state index contributed by atoms with van der Waals surface area (Å²) in [6, 6.07) is 8.37. The summed E-state index contributed by atoms with van der Waals surface area (Å²) in [6.07, 6.45) is 8.29. The Morgan fingerprint density at radius 3 is 2.88 bits per heavy atom. The van der Waals surface area contributed by atoms with Crippen LogP contribution < -0.4 is 0 Å². The van der Waals surface area contributed by atoms with Gasteiger partial charge in [0.05, 0.1) is 5.54 Å². The lowest BCUT2D eigenvalue weighted by Crippen LogP contribution is -2.45. The third kappa shape index (κ3) is 1.23. The molecule has 80 valence electrons. The highest BCUT2D eigenvalue weighted by atomic mass is 15.2. The van der Waals surface area contributed by atoms with Crippen LogP contribution in [0.1, 0.15) is 25.0 Å². The maximum Gasteiger partial charge on any atom is 0.141 e. The molecule has 2 aliphatic heterocycles. The number of hydrogen-bond donors (Lipinski definition) is 0. The second-order valence-electron chi connectivity index (χ2n) is 4.70. The van der Waals surface area contributed by atoms with Gasteiger partial charge in [0.1, 0.15) is 5.84 Å². The van der Waals surface area contributed by atoms with E-state index < -0.39 is 0 Å². The summed E-state index contributed by atoms with van der Waals surface area (Å²) in [5.74, 6) is 1.05. The summed E-state index contributed by atoms with van der Waals surface area (Å²) in [5, 5.41) is 0. The number of aliphatic imine (C=N–C) groups is 1. The van der Waals surface area contributed by atoms with Crippen molar-refractivity contribution in [3.05, 3.63) is 53.9 Å². The quantitative estimate of drug-likeness (QED) is 0.642. The molecule has 16 heavy (non-hydrogen) atoms. The molecular formula is C14H14N2. The van der Waals surface area contributed by atoms with Crippen LogP contribution in [0.5, 0.6) is 0 Å². The number of benzene rings is 1. The fourth-order valence-electron chi connectivity index (χ4n) is 2.17. The van der Waals surface area contributed by atoms with Gasteiger partial charge in [0.2, 0.25) is 0 Å². The molecule has 0 fully saturated rings. The molecule has 0 aromatic heterocycles. The van der Waals surface area contributed by atoms with E-state index in [1.165, 1.54) is 11.1 Å². The van der Waals surface area contributed by atoms with Crippen LogP contribution in [0.2, 0.25) is 0 Å². The van der Waals surface area contributed by atoms with Gasteiger partial charge in [-0.15, -0.1) is 0 Å². The molecule has 0 radical (unpaired) electrons. The SMILES string of the molecule is CC1(C)C=CN=C2c3ccccc3C=CN21. The van der Waals surface area contributed by atoms with Crippen LogP contribution >= 0.6 is 0 Å². The molecule has 1 aromatic rings. The topological polar surface area (TPSA) is 15.6 Å². The van der Waals surface area contributed by atoms with Crippen molar-refractivity contribution in [2.75, 3.05) is 0 Å². The van der Waals surface area contributed by atoms with Crippen molar-refractivity contribution in [3.63, 3.8) is 0 Å². The minimum Gasteiger partial charge on any atom is -0.323 e. The zero-order valence-electron chi connectivity index (χ0n) is 9.51. The van der Waals surface area contributed by atoms with Crippen LogP contribution in [-0.2, 0) is 0 Å². The number of rotatable bonds is 0. The number of hydrogen-bond acceptors (Lipinski definition) is 2. The Morgan fingerprint density at radius 1 is 1.19 bits per heavy atom. The zero-order chi connectivity index (χ0) is 11.2. The van der Waals surface area contributed by atoms with Gasteiger partial charge in [-0.25, -0.2) is 4.99 Å². The lowest BCUT2D eigenvalue weighted by Gasteiger charge is -2.40. The number of nitrogens with zero attached hydrogens (tertiary/aromatic N) is 2. The summed E-state index contributed by atoms with van der Waals surface area (Å²) in [4.78, 5) is 6.72. The first kappa shape index (κ1) is 9.40. The predicted octanol–water partition coefficient (Wildman–Crippen LogP) is 3.03. The van der Waals surface area contributed by atoms with E-state index >= 15 is 0 Å². The van der Waals surface area contributed by atoms with Crippen LogP contribution in [0.4, 0.5) is 0 Å². The van der Waals surface area contributed by atoms with Gasteiger partial charge in [-0.05, 0) is 31.6 Å². The van der Waals surface area contributed by atoms with E-state index in [2.05, 4.69) is 66.4 Å². The molecule has 2 heteroatoms. The second kappa shape index (κ2) is 3.08. The highest BCUT2D eigenvalue weighted by Gasteiger charge is 2.30. The molecule has 2 aliphatic rings. The van der Waals surface area contributed by atoms with Gasteiger partial charge in [0, 0.05) is 18.0 Å². The molecule has 0 amide bonds. The van der Waals surface area contributed by atoms with E-state index in [9.17, 15) is 0 Å². The van der Waals surface area contributed by atoms with Crippen molar-refractivity contribution in [1.82, 2.24) is 4.90 Å². The van der Waals surface area contributed by atoms with Crippen molar-refractivity contribution in [1.29, 1.82) is 0 Å². The van der Waals surface area contributed by atoms with Crippen molar-refractivity contribution >= 4 is 11.9 Å². The van der Waals surface area contributed by atoms with Crippen LogP contribution in [0.15, 0.2) is 47.7 Å². The highest BCUT2D eigenvalue weighted by Crippen LogP contribution is 2.29. The van der Waals surface area contributed by atoms with Gasteiger partial charge < -0.3 is 4.90 Å². The van der Waals surface area contributed by atoms with E-state index in [-0.39, 0.29) is 5.54 Å². The van der Waals surface area contributed by atoms with Crippen molar-refractivity contribution in [2.24, 2.45) is 4.99 Å². The van der Waals surface area contributed by atoms with E-state index in [1.807, 2.05) is 6.20 Å². The first-order chi connectivity index (χ1) is 7.68. The molecule has 0 saturated carbocycles. The van der Waals surface area contributed by atoms with Gasteiger partial charge in [-0.2, -0.15) is 0 Å². The molecular weight excluding hydrogens is 196 g/mol. The standard InChI is InChI=1S/C14H14N2/c1-14(2)8-9-15-13-12-6-4-3-5-11(12)7-10-16(13)14/h3-10H,1-2H3. The third-order valence-electron chi connectivity index (χ3n) is 3.13. The molecule has 0 aliphatic carbocycles. The van der Waals surface area contributed by atoms with E-state index in [1.54, 1.807) is 0 Å². The Hall–Kier alpha value is -1.83. The highest BCUT2D eigenvalue weighted by molar-refractivity contribution is 6.05. The molecule has 1 aromatic carbocycles. The molecule has 2 heterocycles. The summed E-state index contributed by atoms with van der Waals surface area (Å²) < 4.78 is 0. The number of amidine groups is 1. The van der Waals surface area contributed by atoms with Gasteiger partial charge >= 0.3 is 0 Å². The van der Waals surface area contributed by atoms with Gasteiger partial charge in [-0.1, -0.05) is 24.3 Å². The average Bonchev–Trinajstić information content (AvgIpc) is 2.28. The monoisotopic (exact) mass is 210 g/mol. The van der Waals surface area contributed by atoms with Gasteiger partial charge in [0.25, 0.3) is 0 Å². The fraction of sp³-hybridized carbons (Fsp3) is 0.214. The lowest BCUT2D eigenvalue weighted by atomic mass is 9.95. The molecule has 0 saturated heterocycles. The third-order valence-corrected chi connectivity index (χ3v) is 3.13. The van der Waals surface area contributed by atoms with E-state index in [0.29, 0.717) is 0 Å². The van der Waals surface area contributed by atoms with Crippen molar-refractivity contribution < 1.29 is 0 Å². The molecule has 0 bridgehead atoms. The molecule has 2 nitrogen and oxygen atoms in total. The molecule has 0 spiro atoms. The molecule has 0 atom stereocenters. The van der Waals surface area contributed by atoms with Crippen molar-refractivity contribution in [2.45, 2.75) is 19.4 Å². The second-order valence-corrected chi connectivity index (χ2v) is 4.70. The summed E-state index contributed by atoms with van der Waals surface area (Å²) in [5.41, 5.74) is 2.45. The Bertz CT molecular complexity index is 521. The minimum atomic E-state index is 0.00111.